The minimum Gasteiger partial charge on any atom is -0.377 e. The Hall–Kier alpha value is -2.68. The fraction of sp³-hybridized carbons (Fsp3) is 0.261. The van der Waals surface area contributed by atoms with Crippen LogP contribution in [0.5, 0.6) is 0 Å². The van der Waals surface area contributed by atoms with Gasteiger partial charge in [-0.25, -0.2) is 4.39 Å². The zero-order chi connectivity index (χ0) is 17.9. The number of ketones is 1. The zero-order valence-corrected chi connectivity index (χ0v) is 14.6. The summed E-state index contributed by atoms with van der Waals surface area (Å²) in [4.78, 5) is 12.6. The Morgan fingerprint density at radius 3 is 2.50 bits per heavy atom. The molecule has 3 aromatic carbocycles. The van der Waals surface area contributed by atoms with E-state index in [1.165, 1.54) is 6.07 Å². The van der Waals surface area contributed by atoms with Crippen LogP contribution < -0.4 is 5.32 Å². The van der Waals surface area contributed by atoms with Gasteiger partial charge in [0.05, 0.1) is 6.04 Å². The van der Waals surface area contributed by atoms with Crippen molar-refractivity contribution in [2.24, 2.45) is 5.92 Å². The van der Waals surface area contributed by atoms with Gasteiger partial charge in [0.2, 0.25) is 0 Å². The molecule has 1 aliphatic rings. The number of anilines is 1. The molecule has 0 heterocycles. The van der Waals surface area contributed by atoms with Crippen molar-refractivity contribution in [3.05, 3.63) is 78.1 Å². The average molecular weight is 347 g/mol. The summed E-state index contributed by atoms with van der Waals surface area (Å²) in [7, 11) is 0. The van der Waals surface area contributed by atoms with Gasteiger partial charge in [0.1, 0.15) is 11.6 Å². The smallest absolute Gasteiger partial charge is 0.138 e. The highest BCUT2D eigenvalue weighted by molar-refractivity contribution is 5.86. The topological polar surface area (TPSA) is 29.1 Å². The Morgan fingerprint density at radius 2 is 1.69 bits per heavy atom. The van der Waals surface area contributed by atoms with Gasteiger partial charge in [-0.2, -0.15) is 0 Å². The van der Waals surface area contributed by atoms with E-state index in [1.54, 1.807) is 12.1 Å². The second-order valence-electron chi connectivity index (χ2n) is 7.02. The zero-order valence-electron chi connectivity index (χ0n) is 14.6. The molecule has 1 fully saturated rings. The molecule has 0 aromatic heterocycles. The number of nitrogens with one attached hydrogen (secondary N) is 1. The van der Waals surface area contributed by atoms with Gasteiger partial charge in [-0.15, -0.1) is 0 Å². The molecule has 26 heavy (non-hydrogen) atoms. The van der Waals surface area contributed by atoms with E-state index in [0.717, 1.165) is 35.7 Å². The maximum atomic E-state index is 14.5. The number of halogens is 1. The third-order valence-corrected chi connectivity index (χ3v) is 5.32. The molecule has 0 bridgehead atoms. The van der Waals surface area contributed by atoms with Gasteiger partial charge in [-0.3, -0.25) is 4.79 Å². The lowest BCUT2D eigenvalue weighted by atomic mass is 9.80. The lowest BCUT2D eigenvalue weighted by Gasteiger charge is -2.31. The number of hydrogen-bond donors (Lipinski definition) is 1. The summed E-state index contributed by atoms with van der Waals surface area (Å²) in [6, 6.07) is 20.7. The number of hydrogen-bond acceptors (Lipinski definition) is 2. The van der Waals surface area contributed by atoms with Crippen molar-refractivity contribution >= 4 is 22.2 Å². The second kappa shape index (κ2) is 7.28. The maximum Gasteiger partial charge on any atom is 0.138 e. The number of carbonyl (C=O) groups is 1. The minimum atomic E-state index is -0.342. The Labute approximate surface area is 153 Å². The molecule has 1 saturated carbocycles. The van der Waals surface area contributed by atoms with Gasteiger partial charge in [0, 0.05) is 23.6 Å². The predicted octanol–water partition coefficient (Wildman–Crippen LogP) is 5.89. The summed E-state index contributed by atoms with van der Waals surface area (Å²) < 4.78 is 14.5. The van der Waals surface area contributed by atoms with Crippen LogP contribution in [0, 0.1) is 11.7 Å². The van der Waals surface area contributed by atoms with Crippen molar-refractivity contribution in [3.63, 3.8) is 0 Å². The highest BCUT2D eigenvalue weighted by Crippen LogP contribution is 2.36. The molecule has 3 aromatic rings. The van der Waals surface area contributed by atoms with E-state index >= 15 is 0 Å². The molecule has 0 amide bonds. The Kier molecular flexibility index (Phi) is 4.70. The number of fused-ring (bicyclic) bond motifs is 1. The molecule has 2 unspecified atom stereocenters. The molecule has 2 atom stereocenters. The fourth-order valence-electron chi connectivity index (χ4n) is 3.94. The predicted molar refractivity (Wildman–Crippen MR) is 104 cm³/mol. The van der Waals surface area contributed by atoms with Gasteiger partial charge in [0.15, 0.2) is 0 Å². The van der Waals surface area contributed by atoms with Crippen molar-refractivity contribution < 1.29 is 9.18 Å². The SMILES string of the molecule is O=C1CCCCC1C(Nc1ccc2ccccc2c1)c1ccccc1F. The molecule has 0 radical (unpaired) electrons. The Balaban J connectivity index is 1.72. The molecule has 132 valence electrons. The van der Waals surface area contributed by atoms with Crippen LogP contribution in [-0.2, 0) is 4.79 Å². The van der Waals surface area contributed by atoms with Crippen molar-refractivity contribution in [1.29, 1.82) is 0 Å². The van der Waals surface area contributed by atoms with Gasteiger partial charge < -0.3 is 5.32 Å². The number of carbonyl (C=O) groups excluding carboxylic acids is 1. The lowest BCUT2D eigenvalue weighted by Crippen LogP contribution is -2.30. The number of benzene rings is 3. The second-order valence-corrected chi connectivity index (χ2v) is 7.02. The summed E-state index contributed by atoms with van der Waals surface area (Å²) in [5, 5.41) is 5.75. The molecule has 3 heteroatoms. The maximum absolute atomic E-state index is 14.5. The van der Waals surface area contributed by atoms with Crippen LogP contribution >= 0.6 is 0 Å². The fourth-order valence-corrected chi connectivity index (χ4v) is 3.94. The largest absolute Gasteiger partial charge is 0.377 e. The minimum absolute atomic E-state index is 0.188. The molecule has 0 aliphatic heterocycles. The van der Waals surface area contributed by atoms with E-state index in [0.29, 0.717) is 12.0 Å². The first-order valence-corrected chi connectivity index (χ1v) is 9.25. The monoisotopic (exact) mass is 347 g/mol. The van der Waals surface area contributed by atoms with E-state index in [1.807, 2.05) is 24.3 Å². The molecule has 0 spiro atoms. The third kappa shape index (κ3) is 3.34. The van der Waals surface area contributed by atoms with Crippen LogP contribution in [0.2, 0.25) is 0 Å². The summed E-state index contributed by atoms with van der Waals surface area (Å²) in [6.45, 7) is 0. The average Bonchev–Trinajstić information content (AvgIpc) is 2.67. The van der Waals surface area contributed by atoms with Crippen molar-refractivity contribution in [2.75, 3.05) is 5.32 Å². The molecular weight excluding hydrogens is 325 g/mol. The van der Waals surface area contributed by atoms with E-state index in [9.17, 15) is 9.18 Å². The number of rotatable bonds is 4. The van der Waals surface area contributed by atoms with E-state index < -0.39 is 0 Å². The molecule has 0 saturated heterocycles. The summed E-state index contributed by atoms with van der Waals surface area (Å²) >= 11 is 0. The lowest BCUT2D eigenvalue weighted by molar-refractivity contribution is -0.125. The van der Waals surface area contributed by atoms with E-state index in [-0.39, 0.29) is 23.6 Å². The van der Waals surface area contributed by atoms with Crippen LogP contribution in [0.4, 0.5) is 10.1 Å². The summed E-state index contributed by atoms with van der Waals surface area (Å²) in [6.07, 6.45) is 3.35. The summed E-state index contributed by atoms with van der Waals surface area (Å²) in [5.41, 5.74) is 1.48. The summed E-state index contributed by atoms with van der Waals surface area (Å²) in [5.74, 6) is -0.214. The first-order chi connectivity index (χ1) is 12.7. The van der Waals surface area contributed by atoms with Crippen LogP contribution in [0.1, 0.15) is 37.3 Å². The van der Waals surface area contributed by atoms with E-state index in [2.05, 4.69) is 29.6 Å². The Morgan fingerprint density at radius 1 is 0.923 bits per heavy atom. The van der Waals surface area contributed by atoms with Crippen LogP contribution in [0.15, 0.2) is 66.7 Å². The first kappa shape index (κ1) is 16.8. The van der Waals surface area contributed by atoms with Crippen molar-refractivity contribution in [3.8, 4) is 0 Å². The first-order valence-electron chi connectivity index (χ1n) is 9.25. The molecule has 1 aliphatic carbocycles. The van der Waals surface area contributed by atoms with Crippen LogP contribution in [0.25, 0.3) is 10.8 Å². The van der Waals surface area contributed by atoms with Gasteiger partial charge in [-0.05, 0) is 41.8 Å². The molecular formula is C23H22FNO. The molecule has 1 N–H and O–H groups in total. The highest BCUT2D eigenvalue weighted by atomic mass is 19.1. The van der Waals surface area contributed by atoms with Gasteiger partial charge in [0.25, 0.3) is 0 Å². The van der Waals surface area contributed by atoms with E-state index in [4.69, 9.17) is 0 Å². The highest BCUT2D eigenvalue weighted by Gasteiger charge is 2.32. The van der Waals surface area contributed by atoms with Gasteiger partial charge >= 0.3 is 0 Å². The van der Waals surface area contributed by atoms with Crippen molar-refractivity contribution in [2.45, 2.75) is 31.7 Å². The van der Waals surface area contributed by atoms with Gasteiger partial charge in [-0.1, -0.05) is 55.0 Å². The van der Waals surface area contributed by atoms with Crippen LogP contribution in [0.3, 0.4) is 0 Å². The molecule has 2 nitrogen and oxygen atoms in total. The number of Topliss-reactive ketones (excluding diaryl/α,β-unsaturated/α-hetero) is 1. The van der Waals surface area contributed by atoms with Crippen molar-refractivity contribution in [1.82, 2.24) is 0 Å². The normalized spacial score (nSPS) is 18.7. The molecule has 4 rings (SSSR count). The standard InChI is InChI=1S/C23H22FNO/c24-21-11-5-3-9-19(21)23(20-10-4-6-12-22(20)26)25-18-14-13-16-7-1-2-8-17(16)15-18/h1-3,5,7-9,11,13-15,20,23,25H,4,6,10,12H2. The van der Waals surface area contributed by atoms with Crippen LogP contribution in [-0.4, -0.2) is 5.78 Å². The Bertz CT molecular complexity index is 936. The third-order valence-electron chi connectivity index (χ3n) is 5.32. The quantitative estimate of drug-likeness (QED) is 0.637.